The molecule has 23 heavy (non-hydrogen) atoms. The lowest BCUT2D eigenvalue weighted by Crippen LogP contribution is -2.24. The Morgan fingerprint density at radius 3 is 2.74 bits per heavy atom. The highest BCUT2D eigenvalue weighted by atomic mass is 35.5. The van der Waals surface area contributed by atoms with Crippen molar-refractivity contribution in [3.05, 3.63) is 63.6 Å². The fraction of sp³-hybridized carbons (Fsp3) is 0.188. The molecule has 0 radical (unpaired) electrons. The summed E-state index contributed by atoms with van der Waals surface area (Å²) >= 11 is 13.1. The molecule has 0 saturated carbocycles. The van der Waals surface area contributed by atoms with Gasteiger partial charge in [0.2, 0.25) is 5.91 Å². The van der Waals surface area contributed by atoms with Crippen molar-refractivity contribution >= 4 is 40.9 Å². The SMILES string of the molecule is O=C1NC(O)SC1c1cccc(COc2ccc(Cl)cc2Cl)c1. The molecular weight excluding hydrogens is 357 g/mol. The smallest absolute Gasteiger partial charge is 0.240 e. The highest BCUT2D eigenvalue weighted by Gasteiger charge is 2.32. The van der Waals surface area contributed by atoms with Crippen LogP contribution in [0.4, 0.5) is 0 Å². The molecule has 1 aliphatic heterocycles. The zero-order valence-electron chi connectivity index (χ0n) is 11.8. The minimum atomic E-state index is -0.861. The molecule has 1 fully saturated rings. The Kier molecular flexibility index (Phi) is 5.02. The Bertz CT molecular complexity index is 741. The predicted octanol–water partition coefficient (Wildman–Crippen LogP) is 3.75. The highest BCUT2D eigenvalue weighted by Crippen LogP contribution is 2.36. The van der Waals surface area contributed by atoms with Gasteiger partial charge in [-0.2, -0.15) is 0 Å². The molecule has 0 aliphatic carbocycles. The quantitative estimate of drug-likeness (QED) is 0.861. The number of carbonyl (C=O) groups excluding carboxylic acids is 1. The fourth-order valence-corrected chi connectivity index (χ4v) is 3.65. The number of aliphatic hydroxyl groups is 1. The number of rotatable bonds is 4. The van der Waals surface area contributed by atoms with Gasteiger partial charge in [0.05, 0.1) is 5.02 Å². The molecule has 1 amide bonds. The number of amides is 1. The van der Waals surface area contributed by atoms with E-state index in [1.54, 1.807) is 18.2 Å². The second-order valence-electron chi connectivity index (χ2n) is 4.99. The van der Waals surface area contributed by atoms with Gasteiger partial charge in [0.15, 0.2) is 5.56 Å². The predicted molar refractivity (Wildman–Crippen MR) is 91.7 cm³/mol. The molecule has 2 atom stereocenters. The van der Waals surface area contributed by atoms with Gasteiger partial charge in [-0.05, 0) is 29.3 Å². The topological polar surface area (TPSA) is 58.6 Å². The third-order valence-electron chi connectivity index (χ3n) is 3.31. The van der Waals surface area contributed by atoms with Crippen molar-refractivity contribution in [3.63, 3.8) is 0 Å². The lowest BCUT2D eigenvalue weighted by molar-refractivity contribution is -0.121. The summed E-state index contributed by atoms with van der Waals surface area (Å²) in [6, 6.07) is 12.5. The van der Waals surface area contributed by atoms with Crippen molar-refractivity contribution < 1.29 is 14.6 Å². The van der Waals surface area contributed by atoms with E-state index in [4.69, 9.17) is 27.9 Å². The van der Waals surface area contributed by atoms with Crippen LogP contribution >= 0.6 is 35.0 Å². The molecule has 120 valence electrons. The van der Waals surface area contributed by atoms with Crippen molar-refractivity contribution in [2.24, 2.45) is 0 Å². The van der Waals surface area contributed by atoms with E-state index in [0.717, 1.165) is 11.1 Å². The Morgan fingerprint density at radius 1 is 1.22 bits per heavy atom. The molecule has 2 unspecified atom stereocenters. The zero-order valence-corrected chi connectivity index (χ0v) is 14.2. The van der Waals surface area contributed by atoms with Gasteiger partial charge in [0.25, 0.3) is 0 Å². The number of aliphatic hydroxyl groups excluding tert-OH is 1. The molecule has 4 nitrogen and oxygen atoms in total. The zero-order chi connectivity index (χ0) is 16.4. The van der Waals surface area contributed by atoms with Gasteiger partial charge in [-0.3, -0.25) is 4.79 Å². The lowest BCUT2D eigenvalue weighted by Gasteiger charge is -2.11. The first-order chi connectivity index (χ1) is 11.0. The highest BCUT2D eigenvalue weighted by molar-refractivity contribution is 8.01. The van der Waals surface area contributed by atoms with E-state index in [9.17, 15) is 9.90 Å². The van der Waals surface area contributed by atoms with E-state index in [1.165, 1.54) is 11.8 Å². The van der Waals surface area contributed by atoms with Crippen LogP contribution in [0, 0.1) is 0 Å². The lowest BCUT2D eigenvalue weighted by atomic mass is 10.1. The first-order valence-corrected chi connectivity index (χ1v) is 8.53. The summed E-state index contributed by atoms with van der Waals surface area (Å²) in [7, 11) is 0. The van der Waals surface area contributed by atoms with Crippen LogP contribution in [0.25, 0.3) is 0 Å². The molecule has 1 heterocycles. The number of carbonyl (C=O) groups is 1. The van der Waals surface area contributed by atoms with Crippen molar-refractivity contribution in [1.29, 1.82) is 0 Å². The minimum absolute atomic E-state index is 0.193. The summed E-state index contributed by atoms with van der Waals surface area (Å²) in [4.78, 5) is 11.8. The summed E-state index contributed by atoms with van der Waals surface area (Å²) in [6.45, 7) is 0.316. The molecule has 1 saturated heterocycles. The van der Waals surface area contributed by atoms with Gasteiger partial charge in [0, 0.05) is 5.02 Å². The van der Waals surface area contributed by atoms with Gasteiger partial charge < -0.3 is 15.2 Å². The van der Waals surface area contributed by atoms with Crippen LogP contribution in [-0.4, -0.2) is 16.6 Å². The second-order valence-corrected chi connectivity index (χ2v) is 7.02. The third kappa shape index (κ3) is 3.93. The first-order valence-electron chi connectivity index (χ1n) is 6.83. The van der Waals surface area contributed by atoms with Crippen LogP contribution in [0.15, 0.2) is 42.5 Å². The van der Waals surface area contributed by atoms with Gasteiger partial charge in [-0.15, -0.1) is 0 Å². The number of hydrogen-bond acceptors (Lipinski definition) is 4. The average molecular weight is 370 g/mol. The Morgan fingerprint density at radius 2 is 2.04 bits per heavy atom. The number of ether oxygens (including phenoxy) is 1. The molecule has 7 heteroatoms. The van der Waals surface area contributed by atoms with E-state index in [0.29, 0.717) is 22.4 Å². The first kappa shape index (κ1) is 16.5. The van der Waals surface area contributed by atoms with Crippen molar-refractivity contribution in [2.75, 3.05) is 0 Å². The number of thioether (sulfide) groups is 1. The van der Waals surface area contributed by atoms with E-state index < -0.39 is 10.8 Å². The van der Waals surface area contributed by atoms with Crippen molar-refractivity contribution in [3.8, 4) is 5.75 Å². The minimum Gasteiger partial charge on any atom is -0.487 e. The Labute approximate surface area is 147 Å². The molecule has 3 rings (SSSR count). The molecule has 2 N–H and O–H groups in total. The van der Waals surface area contributed by atoms with Crippen LogP contribution in [0.2, 0.25) is 10.0 Å². The summed E-state index contributed by atoms with van der Waals surface area (Å²) in [5.41, 5.74) is 0.871. The molecule has 0 aromatic heterocycles. The monoisotopic (exact) mass is 369 g/mol. The normalized spacial score (nSPS) is 20.4. The number of nitrogens with one attached hydrogen (secondary N) is 1. The fourth-order valence-electron chi connectivity index (χ4n) is 2.25. The van der Waals surface area contributed by atoms with Gasteiger partial charge >= 0.3 is 0 Å². The summed E-state index contributed by atoms with van der Waals surface area (Å²) in [5.74, 6) is 0.353. The Balaban J connectivity index is 1.72. The maximum atomic E-state index is 11.8. The standard InChI is InChI=1S/C16H13Cl2NO3S/c17-11-4-5-13(12(18)7-11)22-8-9-2-1-3-10(6-9)14-15(20)19-16(21)23-14/h1-7,14,16,21H,8H2,(H,19,20). The molecule has 1 aliphatic rings. The van der Waals surface area contributed by atoms with Crippen molar-refractivity contribution in [2.45, 2.75) is 17.4 Å². The van der Waals surface area contributed by atoms with Crippen LogP contribution < -0.4 is 10.1 Å². The molecule has 2 aromatic carbocycles. The third-order valence-corrected chi connectivity index (χ3v) is 4.98. The van der Waals surface area contributed by atoms with Crippen LogP contribution in [0.1, 0.15) is 16.4 Å². The van der Waals surface area contributed by atoms with Crippen molar-refractivity contribution in [1.82, 2.24) is 5.32 Å². The number of hydrogen-bond donors (Lipinski definition) is 2. The summed E-state index contributed by atoms with van der Waals surface area (Å²) < 4.78 is 5.70. The van der Waals surface area contributed by atoms with E-state index in [1.807, 2.05) is 24.3 Å². The van der Waals surface area contributed by atoms with Gasteiger partial charge in [0.1, 0.15) is 17.6 Å². The molecular formula is C16H13Cl2NO3S. The van der Waals surface area contributed by atoms with E-state index >= 15 is 0 Å². The summed E-state index contributed by atoms with van der Waals surface area (Å²) in [6.07, 6.45) is 0. The largest absolute Gasteiger partial charge is 0.487 e. The number of benzene rings is 2. The van der Waals surface area contributed by atoms with Crippen LogP contribution in [-0.2, 0) is 11.4 Å². The molecule has 0 bridgehead atoms. The van der Waals surface area contributed by atoms with Crippen LogP contribution in [0.3, 0.4) is 0 Å². The molecule has 0 spiro atoms. The second kappa shape index (κ2) is 7.01. The Hall–Kier alpha value is -1.40. The van der Waals surface area contributed by atoms with Gasteiger partial charge in [-0.1, -0.05) is 59.2 Å². The summed E-state index contributed by atoms with van der Waals surface area (Å²) in [5, 5.41) is 12.5. The maximum absolute atomic E-state index is 11.8. The number of halogens is 2. The van der Waals surface area contributed by atoms with E-state index in [2.05, 4.69) is 5.32 Å². The van der Waals surface area contributed by atoms with E-state index in [-0.39, 0.29) is 5.91 Å². The molecule has 2 aromatic rings. The average Bonchev–Trinajstić information content (AvgIpc) is 2.85. The van der Waals surface area contributed by atoms with Gasteiger partial charge in [-0.25, -0.2) is 0 Å². The maximum Gasteiger partial charge on any atom is 0.240 e. The van der Waals surface area contributed by atoms with Crippen LogP contribution in [0.5, 0.6) is 5.75 Å².